The number of nitrogens with zero attached hydrogens (tertiary/aromatic N) is 2. The number of benzene rings is 1. The van der Waals surface area contributed by atoms with E-state index in [-0.39, 0.29) is 11.0 Å². The van der Waals surface area contributed by atoms with E-state index in [0.717, 1.165) is 5.56 Å². The minimum atomic E-state index is -0.318. The van der Waals surface area contributed by atoms with Crippen LogP contribution in [0.15, 0.2) is 18.3 Å². The van der Waals surface area contributed by atoms with Crippen molar-refractivity contribution in [3.05, 3.63) is 34.9 Å². The van der Waals surface area contributed by atoms with E-state index in [2.05, 4.69) is 9.97 Å². The summed E-state index contributed by atoms with van der Waals surface area (Å²) in [7, 11) is 0. The van der Waals surface area contributed by atoms with Crippen LogP contribution in [-0.2, 0) is 0 Å². The van der Waals surface area contributed by atoms with Crippen LogP contribution in [0.5, 0.6) is 0 Å². The van der Waals surface area contributed by atoms with Crippen molar-refractivity contribution in [2.24, 2.45) is 0 Å². The van der Waals surface area contributed by atoms with Crippen molar-refractivity contribution in [3.63, 3.8) is 0 Å². The minimum Gasteiger partial charge on any atom is -0.251 e. The van der Waals surface area contributed by atoms with Gasteiger partial charge in [-0.3, -0.25) is 4.98 Å². The van der Waals surface area contributed by atoms with Gasteiger partial charge in [0, 0.05) is 6.07 Å². The van der Waals surface area contributed by atoms with E-state index in [1.807, 2.05) is 0 Å². The lowest BCUT2D eigenvalue weighted by atomic mass is 10.2. The van der Waals surface area contributed by atoms with Crippen molar-refractivity contribution < 1.29 is 4.39 Å². The SMILES string of the molecule is Cc1cc(F)cc2nc(Cl)cnc12. The number of hydrogen-bond donors (Lipinski definition) is 0. The standard InChI is InChI=1S/C9H6ClFN2/c1-5-2-6(11)3-7-9(5)12-4-8(10)13-7/h2-4H,1H3. The molecular formula is C9H6ClFN2. The van der Waals surface area contributed by atoms with Crippen LogP contribution >= 0.6 is 11.6 Å². The number of hydrogen-bond acceptors (Lipinski definition) is 2. The first-order valence-corrected chi connectivity index (χ1v) is 4.13. The molecule has 0 spiro atoms. The Labute approximate surface area is 79.4 Å². The maximum Gasteiger partial charge on any atom is 0.148 e. The maximum atomic E-state index is 12.9. The van der Waals surface area contributed by atoms with Gasteiger partial charge in [-0.25, -0.2) is 9.37 Å². The Balaban J connectivity index is 2.86. The van der Waals surface area contributed by atoms with E-state index in [1.165, 1.54) is 18.3 Å². The molecule has 1 aromatic carbocycles. The fraction of sp³-hybridized carbons (Fsp3) is 0.111. The molecule has 0 bridgehead atoms. The average Bonchev–Trinajstić information content (AvgIpc) is 2.02. The largest absolute Gasteiger partial charge is 0.251 e. The number of aryl methyl sites for hydroxylation is 1. The highest BCUT2D eigenvalue weighted by Gasteiger charge is 2.03. The smallest absolute Gasteiger partial charge is 0.148 e. The first kappa shape index (κ1) is 8.38. The van der Waals surface area contributed by atoms with Crippen LogP contribution in [0.25, 0.3) is 11.0 Å². The highest BCUT2D eigenvalue weighted by atomic mass is 35.5. The van der Waals surface area contributed by atoms with Crippen LogP contribution in [0, 0.1) is 12.7 Å². The molecule has 0 aliphatic carbocycles. The van der Waals surface area contributed by atoms with Crippen molar-refractivity contribution in [3.8, 4) is 0 Å². The molecular weight excluding hydrogens is 191 g/mol. The molecule has 4 heteroatoms. The average molecular weight is 197 g/mol. The predicted molar refractivity (Wildman–Crippen MR) is 49.2 cm³/mol. The van der Waals surface area contributed by atoms with Gasteiger partial charge in [0.2, 0.25) is 0 Å². The lowest BCUT2D eigenvalue weighted by Gasteiger charge is -2.00. The predicted octanol–water partition coefficient (Wildman–Crippen LogP) is 2.73. The molecule has 1 heterocycles. The number of rotatable bonds is 0. The lowest BCUT2D eigenvalue weighted by molar-refractivity contribution is 0.628. The third-order valence-corrected chi connectivity index (χ3v) is 1.95. The lowest BCUT2D eigenvalue weighted by Crippen LogP contribution is -1.89. The van der Waals surface area contributed by atoms with Crippen molar-refractivity contribution in [2.75, 3.05) is 0 Å². The Kier molecular flexibility index (Phi) is 1.88. The fourth-order valence-electron chi connectivity index (χ4n) is 1.23. The van der Waals surface area contributed by atoms with Crippen LogP contribution in [0.2, 0.25) is 5.15 Å². The third kappa shape index (κ3) is 1.47. The number of halogens is 2. The Morgan fingerprint density at radius 2 is 2.15 bits per heavy atom. The Bertz CT molecular complexity index is 465. The van der Waals surface area contributed by atoms with Crippen molar-refractivity contribution >= 4 is 22.6 Å². The van der Waals surface area contributed by atoms with Gasteiger partial charge in [-0.1, -0.05) is 11.6 Å². The van der Waals surface area contributed by atoms with Gasteiger partial charge in [-0.15, -0.1) is 0 Å². The normalized spacial score (nSPS) is 10.7. The van der Waals surface area contributed by atoms with E-state index >= 15 is 0 Å². The molecule has 0 amide bonds. The number of aromatic nitrogens is 2. The zero-order chi connectivity index (χ0) is 9.42. The van der Waals surface area contributed by atoms with Crippen LogP contribution < -0.4 is 0 Å². The van der Waals surface area contributed by atoms with Gasteiger partial charge in [0.15, 0.2) is 0 Å². The summed E-state index contributed by atoms with van der Waals surface area (Å²) in [6.45, 7) is 1.79. The third-order valence-electron chi connectivity index (χ3n) is 1.77. The molecule has 2 aromatic rings. The van der Waals surface area contributed by atoms with Crippen LogP contribution in [0.3, 0.4) is 0 Å². The molecule has 0 atom stereocenters. The van der Waals surface area contributed by atoms with Crippen molar-refractivity contribution in [1.29, 1.82) is 0 Å². The fourth-order valence-corrected chi connectivity index (χ4v) is 1.37. The van der Waals surface area contributed by atoms with E-state index < -0.39 is 0 Å². The molecule has 0 unspecified atom stereocenters. The van der Waals surface area contributed by atoms with Gasteiger partial charge in [0.05, 0.1) is 17.2 Å². The molecule has 2 nitrogen and oxygen atoms in total. The summed E-state index contributed by atoms with van der Waals surface area (Å²) in [5, 5.41) is 0.275. The topological polar surface area (TPSA) is 25.8 Å². The summed E-state index contributed by atoms with van der Waals surface area (Å²) in [5.74, 6) is -0.318. The molecule has 0 saturated carbocycles. The summed E-state index contributed by atoms with van der Waals surface area (Å²) >= 11 is 5.63. The summed E-state index contributed by atoms with van der Waals surface area (Å²) in [6, 6.07) is 2.74. The van der Waals surface area contributed by atoms with Gasteiger partial charge < -0.3 is 0 Å². The molecule has 0 N–H and O–H groups in total. The van der Waals surface area contributed by atoms with Gasteiger partial charge >= 0.3 is 0 Å². The molecule has 66 valence electrons. The summed E-state index contributed by atoms with van der Waals surface area (Å²) in [5.41, 5.74) is 1.94. The minimum absolute atomic E-state index is 0.275. The second-order valence-electron chi connectivity index (χ2n) is 2.78. The van der Waals surface area contributed by atoms with Crippen LogP contribution in [-0.4, -0.2) is 9.97 Å². The van der Waals surface area contributed by atoms with Crippen molar-refractivity contribution in [1.82, 2.24) is 9.97 Å². The quantitative estimate of drug-likeness (QED) is 0.648. The monoisotopic (exact) mass is 196 g/mol. The van der Waals surface area contributed by atoms with E-state index in [1.54, 1.807) is 6.92 Å². The first-order valence-electron chi connectivity index (χ1n) is 3.75. The Hall–Kier alpha value is -1.22. The molecule has 13 heavy (non-hydrogen) atoms. The molecule has 0 saturated heterocycles. The van der Waals surface area contributed by atoms with Gasteiger partial charge in [-0.2, -0.15) is 0 Å². The summed E-state index contributed by atoms with van der Waals surface area (Å²) in [6.07, 6.45) is 1.45. The molecule has 0 aliphatic rings. The van der Waals surface area contributed by atoms with E-state index in [0.29, 0.717) is 11.0 Å². The second-order valence-corrected chi connectivity index (χ2v) is 3.17. The second kappa shape index (κ2) is 2.92. The van der Waals surface area contributed by atoms with Crippen molar-refractivity contribution in [2.45, 2.75) is 6.92 Å². The maximum absolute atomic E-state index is 12.9. The molecule has 0 radical (unpaired) electrons. The first-order chi connectivity index (χ1) is 6.16. The highest BCUT2D eigenvalue weighted by Crippen LogP contribution is 2.17. The van der Waals surface area contributed by atoms with Gasteiger partial charge in [0.25, 0.3) is 0 Å². The molecule has 0 fully saturated rings. The van der Waals surface area contributed by atoms with E-state index in [4.69, 9.17) is 11.6 Å². The highest BCUT2D eigenvalue weighted by molar-refractivity contribution is 6.29. The summed E-state index contributed by atoms with van der Waals surface area (Å²) in [4.78, 5) is 8.02. The van der Waals surface area contributed by atoms with Crippen LogP contribution in [0.1, 0.15) is 5.56 Å². The summed E-state index contributed by atoms with van der Waals surface area (Å²) < 4.78 is 12.9. The Morgan fingerprint density at radius 1 is 1.38 bits per heavy atom. The van der Waals surface area contributed by atoms with E-state index in [9.17, 15) is 4.39 Å². The molecule has 1 aromatic heterocycles. The molecule has 2 rings (SSSR count). The number of fused-ring (bicyclic) bond motifs is 1. The zero-order valence-electron chi connectivity index (χ0n) is 6.88. The Morgan fingerprint density at radius 3 is 2.92 bits per heavy atom. The molecule has 0 aliphatic heterocycles. The zero-order valence-corrected chi connectivity index (χ0v) is 7.64. The van der Waals surface area contributed by atoms with Gasteiger partial charge in [0.1, 0.15) is 11.0 Å². The van der Waals surface area contributed by atoms with Crippen LogP contribution in [0.4, 0.5) is 4.39 Å². The van der Waals surface area contributed by atoms with Gasteiger partial charge in [-0.05, 0) is 18.6 Å².